The van der Waals surface area contributed by atoms with E-state index in [0.717, 1.165) is 38.8 Å². The molecular formula is C32H20Cl2N4O6S2. The molecule has 14 heteroatoms. The molecule has 5 aromatic rings. The van der Waals surface area contributed by atoms with Gasteiger partial charge in [0.1, 0.15) is 11.8 Å². The van der Waals surface area contributed by atoms with Crippen molar-refractivity contribution in [3.8, 4) is 0 Å². The van der Waals surface area contributed by atoms with Gasteiger partial charge >= 0.3 is 4.87 Å². The molecule has 1 N–H and O–H groups in total. The molecule has 10 nitrogen and oxygen atoms in total. The van der Waals surface area contributed by atoms with Crippen LogP contribution in [-0.4, -0.2) is 32.5 Å². The molecule has 1 saturated heterocycles. The third-order valence-corrected chi connectivity index (χ3v) is 11.5. The molecule has 4 aromatic carbocycles. The molecule has 3 unspecified atom stereocenters. The largest absolute Gasteiger partial charge is 0.324 e. The van der Waals surface area contributed by atoms with E-state index in [2.05, 4.69) is 5.32 Å². The first kappa shape index (κ1) is 30.2. The average molecular weight is 692 g/mol. The Bertz CT molecular complexity index is 2160. The molecule has 0 radical (unpaired) electrons. The summed E-state index contributed by atoms with van der Waals surface area (Å²) in [6.45, 7) is -0.331. The summed E-state index contributed by atoms with van der Waals surface area (Å²) in [5, 5.41) is 15.7. The average Bonchev–Trinajstić information content (AvgIpc) is 3.49. The number of aromatic nitrogens is 1. The second kappa shape index (κ2) is 11.7. The van der Waals surface area contributed by atoms with Crippen molar-refractivity contribution in [1.29, 1.82) is 0 Å². The van der Waals surface area contributed by atoms with Crippen LogP contribution in [0.4, 0.5) is 17.1 Å². The molecular weight excluding hydrogens is 671 g/mol. The van der Waals surface area contributed by atoms with Crippen molar-refractivity contribution >= 4 is 91.9 Å². The molecule has 46 heavy (non-hydrogen) atoms. The van der Waals surface area contributed by atoms with Crippen molar-refractivity contribution in [2.45, 2.75) is 22.7 Å². The Morgan fingerprint density at radius 1 is 0.913 bits per heavy atom. The van der Waals surface area contributed by atoms with Gasteiger partial charge in [-0.15, -0.1) is 0 Å². The Hall–Kier alpha value is -4.49. The van der Waals surface area contributed by atoms with Crippen LogP contribution in [0.2, 0.25) is 10.0 Å². The minimum atomic E-state index is -0.975. The number of nitrogens with zero attached hydrogens (tertiary/aromatic N) is 3. The second-order valence-corrected chi connectivity index (χ2v) is 13.6. The number of thiazole rings is 1. The predicted octanol–water partition coefficient (Wildman–Crippen LogP) is 6.71. The fourth-order valence-corrected chi connectivity index (χ4v) is 9.19. The van der Waals surface area contributed by atoms with Gasteiger partial charge in [0.25, 0.3) is 5.69 Å². The van der Waals surface area contributed by atoms with Crippen LogP contribution in [0.25, 0.3) is 10.8 Å². The number of imide groups is 1. The molecule has 2 aliphatic rings. The number of non-ortho nitro benzene ring substituents is 1. The van der Waals surface area contributed by atoms with Gasteiger partial charge in [0.15, 0.2) is 0 Å². The fourth-order valence-electron chi connectivity index (χ4n) is 6.00. The van der Waals surface area contributed by atoms with Crippen LogP contribution in [0.3, 0.4) is 0 Å². The monoisotopic (exact) mass is 690 g/mol. The Balaban J connectivity index is 1.29. The van der Waals surface area contributed by atoms with Crippen LogP contribution >= 0.6 is 46.3 Å². The van der Waals surface area contributed by atoms with E-state index in [1.165, 1.54) is 28.8 Å². The fraction of sp³-hybridized carbons (Fsp3) is 0.125. The standard InChI is InChI=1S/C32H20Cl2N4O6S2/c33-21-9-4-8-20(26(21)34)24-25-27(30(41)37(29(25)40)17-11-13-18(14-12-17)38(43)44)45-31-28(24)46-32(42)36(31)15-23(39)35-22-10-3-6-16-5-1-2-7-19(16)22/h1-14,24-25,27H,15H2,(H,35,39). The van der Waals surface area contributed by atoms with Gasteiger partial charge in [0, 0.05) is 34.0 Å². The highest BCUT2D eigenvalue weighted by atomic mass is 35.5. The van der Waals surface area contributed by atoms with E-state index >= 15 is 0 Å². The van der Waals surface area contributed by atoms with E-state index < -0.39 is 44.6 Å². The maximum atomic E-state index is 14.1. The number of carbonyl (C=O) groups is 3. The van der Waals surface area contributed by atoms with E-state index in [1.54, 1.807) is 24.3 Å². The number of fused-ring (bicyclic) bond motifs is 3. The van der Waals surface area contributed by atoms with Gasteiger partial charge in [-0.1, -0.05) is 94.8 Å². The summed E-state index contributed by atoms with van der Waals surface area (Å²) in [5.74, 6) is -3.32. The Morgan fingerprint density at radius 2 is 1.63 bits per heavy atom. The Morgan fingerprint density at radius 3 is 2.39 bits per heavy atom. The Kier molecular flexibility index (Phi) is 7.68. The van der Waals surface area contributed by atoms with Gasteiger partial charge < -0.3 is 5.32 Å². The van der Waals surface area contributed by atoms with Gasteiger partial charge in [-0.2, -0.15) is 0 Å². The number of thioether (sulfide) groups is 1. The maximum Gasteiger partial charge on any atom is 0.308 e. The summed E-state index contributed by atoms with van der Waals surface area (Å²) in [5.41, 5.74) is 1.05. The molecule has 230 valence electrons. The zero-order valence-corrected chi connectivity index (χ0v) is 26.5. The first-order valence-corrected chi connectivity index (χ1v) is 16.3. The van der Waals surface area contributed by atoms with Gasteiger partial charge in [-0.05, 0) is 35.2 Å². The highest BCUT2D eigenvalue weighted by molar-refractivity contribution is 8.00. The van der Waals surface area contributed by atoms with Crippen LogP contribution in [0.1, 0.15) is 16.4 Å². The number of nitrogens with one attached hydrogen (secondary N) is 1. The molecule has 0 aliphatic carbocycles. The van der Waals surface area contributed by atoms with Crippen molar-refractivity contribution in [3.05, 3.63) is 125 Å². The van der Waals surface area contributed by atoms with Crippen LogP contribution in [0.5, 0.6) is 0 Å². The highest BCUT2D eigenvalue weighted by Crippen LogP contribution is 2.55. The summed E-state index contributed by atoms with van der Waals surface area (Å²) in [4.78, 5) is 66.6. The van der Waals surface area contributed by atoms with E-state index in [9.17, 15) is 29.3 Å². The number of nitro benzene ring substituents is 1. The molecule has 3 atom stereocenters. The molecule has 0 saturated carbocycles. The van der Waals surface area contributed by atoms with Crippen molar-refractivity contribution in [3.63, 3.8) is 0 Å². The zero-order chi connectivity index (χ0) is 32.3. The third-order valence-electron chi connectivity index (χ3n) is 8.05. The second-order valence-electron chi connectivity index (χ2n) is 10.7. The quantitative estimate of drug-likeness (QED) is 0.119. The van der Waals surface area contributed by atoms with E-state index in [4.69, 9.17) is 23.2 Å². The molecule has 2 aliphatic heterocycles. The first-order chi connectivity index (χ1) is 22.1. The number of anilines is 2. The molecule has 3 heterocycles. The highest BCUT2D eigenvalue weighted by Gasteiger charge is 2.57. The summed E-state index contributed by atoms with van der Waals surface area (Å²) in [6.07, 6.45) is 0. The lowest BCUT2D eigenvalue weighted by atomic mass is 9.83. The minimum absolute atomic E-state index is 0.181. The number of hydrogen-bond acceptors (Lipinski definition) is 8. The van der Waals surface area contributed by atoms with Gasteiger partial charge in [0.05, 0.1) is 31.6 Å². The predicted molar refractivity (Wildman–Crippen MR) is 178 cm³/mol. The van der Waals surface area contributed by atoms with Crippen molar-refractivity contribution in [2.75, 3.05) is 10.2 Å². The lowest BCUT2D eigenvalue weighted by Gasteiger charge is -2.31. The number of amides is 3. The molecule has 1 fully saturated rings. The number of halogens is 2. The van der Waals surface area contributed by atoms with E-state index in [1.807, 2.05) is 36.4 Å². The van der Waals surface area contributed by atoms with Crippen molar-refractivity contribution < 1.29 is 19.3 Å². The van der Waals surface area contributed by atoms with Gasteiger partial charge in [0.2, 0.25) is 17.7 Å². The van der Waals surface area contributed by atoms with E-state index in [-0.39, 0.29) is 28.0 Å². The van der Waals surface area contributed by atoms with Crippen molar-refractivity contribution in [2.24, 2.45) is 5.92 Å². The lowest BCUT2D eigenvalue weighted by molar-refractivity contribution is -0.384. The molecule has 1 aromatic heterocycles. The topological polar surface area (TPSA) is 132 Å². The summed E-state index contributed by atoms with van der Waals surface area (Å²) >= 11 is 15.0. The SMILES string of the molecule is O=C(Cn1c2c(sc1=O)C(c1cccc(Cl)c1Cl)C1C(=O)N(c3ccc([N+](=O)[O-])cc3)C(=O)C1S2)Nc1cccc2ccccc12. The van der Waals surface area contributed by atoms with Crippen LogP contribution in [-0.2, 0) is 20.9 Å². The normalized spacial score (nSPS) is 18.8. The summed E-state index contributed by atoms with van der Waals surface area (Å²) < 4.78 is 1.32. The molecule has 0 bridgehead atoms. The van der Waals surface area contributed by atoms with Crippen molar-refractivity contribution in [1.82, 2.24) is 4.57 Å². The number of hydrogen-bond donors (Lipinski definition) is 1. The van der Waals surface area contributed by atoms with Crippen LogP contribution in [0.15, 0.2) is 94.7 Å². The third kappa shape index (κ3) is 4.98. The first-order valence-electron chi connectivity index (χ1n) is 13.9. The Labute approximate surface area is 278 Å². The molecule has 3 amide bonds. The smallest absolute Gasteiger partial charge is 0.308 e. The molecule has 0 spiro atoms. The number of rotatable bonds is 6. The summed E-state index contributed by atoms with van der Waals surface area (Å²) in [6, 6.07) is 23.2. The number of nitro groups is 1. The van der Waals surface area contributed by atoms with Crippen LogP contribution in [0, 0.1) is 16.0 Å². The number of carbonyl (C=O) groups excluding carboxylic acids is 3. The summed E-state index contributed by atoms with van der Waals surface area (Å²) in [7, 11) is 0. The van der Waals surface area contributed by atoms with Gasteiger partial charge in [-0.25, -0.2) is 4.90 Å². The lowest BCUT2D eigenvalue weighted by Crippen LogP contribution is -2.33. The van der Waals surface area contributed by atoms with Gasteiger partial charge in [-0.3, -0.25) is 33.9 Å². The maximum absolute atomic E-state index is 14.1. The van der Waals surface area contributed by atoms with E-state index in [0.29, 0.717) is 21.2 Å². The molecule has 7 rings (SSSR count). The number of benzene rings is 4. The zero-order valence-electron chi connectivity index (χ0n) is 23.4. The van der Waals surface area contributed by atoms with Crippen LogP contribution < -0.4 is 15.1 Å². The minimum Gasteiger partial charge on any atom is -0.324 e.